The first-order chi connectivity index (χ1) is 12.2. The predicted octanol–water partition coefficient (Wildman–Crippen LogP) is 5.29. The van der Waals surface area contributed by atoms with Crippen molar-refractivity contribution in [2.45, 2.75) is 0 Å². The number of halogens is 1. The topological polar surface area (TPSA) is 50.4 Å². The second kappa shape index (κ2) is 8.35. The number of anilines is 2. The molecule has 25 heavy (non-hydrogen) atoms. The second-order valence-corrected chi connectivity index (χ2v) is 6.15. The van der Waals surface area contributed by atoms with E-state index in [0.29, 0.717) is 5.75 Å². The second-order valence-electron chi connectivity index (χ2n) is 5.29. The van der Waals surface area contributed by atoms with Gasteiger partial charge in [-0.05, 0) is 52.3 Å². The van der Waals surface area contributed by atoms with Gasteiger partial charge in [-0.2, -0.15) is 0 Å². The first kappa shape index (κ1) is 17.0. The van der Waals surface area contributed by atoms with Gasteiger partial charge in [0.05, 0.1) is 17.9 Å². The zero-order valence-corrected chi connectivity index (χ0v) is 15.0. The van der Waals surface area contributed by atoms with Crippen LogP contribution in [0.4, 0.5) is 11.4 Å². The summed E-state index contributed by atoms with van der Waals surface area (Å²) in [5, 5.41) is 5.98. The van der Waals surface area contributed by atoms with E-state index in [4.69, 9.17) is 4.74 Å². The van der Waals surface area contributed by atoms with Gasteiger partial charge in [-0.15, -0.1) is 0 Å². The minimum absolute atomic E-state index is 0.135. The van der Waals surface area contributed by atoms with Gasteiger partial charge in [-0.1, -0.05) is 42.5 Å². The van der Waals surface area contributed by atoms with Crippen LogP contribution in [0.15, 0.2) is 83.3 Å². The summed E-state index contributed by atoms with van der Waals surface area (Å²) >= 11 is 3.41. The van der Waals surface area contributed by atoms with Gasteiger partial charge in [0.15, 0.2) is 5.75 Å². The maximum atomic E-state index is 12.2. The Bertz CT molecular complexity index is 853. The fourth-order valence-corrected chi connectivity index (χ4v) is 2.63. The minimum Gasteiger partial charge on any atom is -0.455 e. The molecule has 2 N–H and O–H groups in total. The normalized spacial score (nSPS) is 10.1. The third-order valence-corrected chi connectivity index (χ3v) is 4.14. The van der Waals surface area contributed by atoms with Crippen molar-refractivity contribution in [3.63, 3.8) is 0 Å². The number of carbonyl (C=O) groups is 1. The summed E-state index contributed by atoms with van der Waals surface area (Å²) in [6.45, 7) is 0.135. The Labute approximate surface area is 155 Å². The summed E-state index contributed by atoms with van der Waals surface area (Å²) in [6.07, 6.45) is 0. The Morgan fingerprint density at radius 1 is 0.840 bits per heavy atom. The number of amides is 1. The van der Waals surface area contributed by atoms with Crippen molar-refractivity contribution in [1.82, 2.24) is 0 Å². The van der Waals surface area contributed by atoms with Gasteiger partial charge in [-0.3, -0.25) is 4.79 Å². The van der Waals surface area contributed by atoms with Gasteiger partial charge in [0.1, 0.15) is 5.75 Å². The molecule has 4 nitrogen and oxygen atoms in total. The minimum atomic E-state index is -0.138. The molecule has 1 amide bonds. The van der Waals surface area contributed by atoms with Gasteiger partial charge in [-0.25, -0.2) is 0 Å². The lowest BCUT2D eigenvalue weighted by atomic mass is 10.2. The van der Waals surface area contributed by atoms with E-state index in [1.165, 1.54) is 0 Å². The average molecular weight is 397 g/mol. The van der Waals surface area contributed by atoms with Gasteiger partial charge in [0.25, 0.3) is 0 Å². The van der Waals surface area contributed by atoms with E-state index in [9.17, 15) is 4.79 Å². The molecule has 0 unspecified atom stereocenters. The van der Waals surface area contributed by atoms with Crippen molar-refractivity contribution in [3.8, 4) is 11.5 Å². The summed E-state index contributed by atoms with van der Waals surface area (Å²) < 4.78 is 6.72. The van der Waals surface area contributed by atoms with Crippen molar-refractivity contribution in [2.75, 3.05) is 17.2 Å². The molecular weight excluding hydrogens is 380 g/mol. The quantitative estimate of drug-likeness (QED) is 0.594. The lowest BCUT2D eigenvalue weighted by molar-refractivity contribution is -0.114. The molecule has 0 atom stereocenters. The Morgan fingerprint density at radius 3 is 2.24 bits per heavy atom. The molecule has 0 spiro atoms. The van der Waals surface area contributed by atoms with Crippen molar-refractivity contribution in [2.24, 2.45) is 0 Å². The molecule has 3 aromatic carbocycles. The Balaban J connectivity index is 1.63. The van der Waals surface area contributed by atoms with E-state index in [0.717, 1.165) is 21.6 Å². The highest BCUT2D eigenvalue weighted by Crippen LogP contribution is 2.29. The van der Waals surface area contributed by atoms with Crippen LogP contribution < -0.4 is 15.4 Å². The van der Waals surface area contributed by atoms with Crippen molar-refractivity contribution < 1.29 is 9.53 Å². The predicted molar refractivity (Wildman–Crippen MR) is 104 cm³/mol. The fourth-order valence-electron chi connectivity index (χ4n) is 2.25. The van der Waals surface area contributed by atoms with Gasteiger partial charge < -0.3 is 15.4 Å². The largest absolute Gasteiger partial charge is 0.455 e. The van der Waals surface area contributed by atoms with Crippen LogP contribution in [0, 0.1) is 0 Å². The zero-order valence-electron chi connectivity index (χ0n) is 13.4. The van der Waals surface area contributed by atoms with Crippen LogP contribution in [0.2, 0.25) is 0 Å². The third-order valence-electron chi connectivity index (χ3n) is 3.45. The highest BCUT2D eigenvalue weighted by molar-refractivity contribution is 9.10. The summed E-state index contributed by atoms with van der Waals surface area (Å²) in [6, 6.07) is 24.6. The molecule has 0 fully saturated rings. The summed E-state index contributed by atoms with van der Waals surface area (Å²) in [5.74, 6) is 1.28. The maximum absolute atomic E-state index is 12.2. The van der Waals surface area contributed by atoms with Crippen molar-refractivity contribution in [3.05, 3.63) is 83.3 Å². The summed E-state index contributed by atoms with van der Waals surface area (Å²) in [7, 11) is 0. The molecular formula is C20H17BrN2O2. The number of benzene rings is 3. The van der Waals surface area contributed by atoms with Crippen LogP contribution in [0.3, 0.4) is 0 Å². The Kier molecular flexibility index (Phi) is 5.69. The molecule has 0 bridgehead atoms. The molecule has 0 aliphatic rings. The molecule has 0 saturated heterocycles. The molecule has 0 radical (unpaired) electrons. The molecule has 0 aliphatic carbocycles. The van der Waals surface area contributed by atoms with Crippen molar-refractivity contribution in [1.29, 1.82) is 0 Å². The molecule has 5 heteroatoms. The SMILES string of the molecule is O=C(CNc1ccccc1Oc1ccccc1)Nc1ccccc1Br. The van der Waals surface area contributed by atoms with E-state index in [1.807, 2.05) is 78.9 Å². The number of hydrogen-bond donors (Lipinski definition) is 2. The van der Waals surface area contributed by atoms with E-state index in [2.05, 4.69) is 26.6 Å². The lowest BCUT2D eigenvalue weighted by Gasteiger charge is -2.13. The van der Waals surface area contributed by atoms with E-state index >= 15 is 0 Å². The van der Waals surface area contributed by atoms with E-state index < -0.39 is 0 Å². The zero-order chi connectivity index (χ0) is 17.5. The maximum Gasteiger partial charge on any atom is 0.243 e. The Hall–Kier alpha value is -2.79. The smallest absolute Gasteiger partial charge is 0.243 e. The van der Waals surface area contributed by atoms with Crippen LogP contribution in [-0.4, -0.2) is 12.5 Å². The average Bonchev–Trinajstić information content (AvgIpc) is 2.64. The Morgan fingerprint density at radius 2 is 1.48 bits per heavy atom. The molecule has 126 valence electrons. The summed E-state index contributed by atoms with van der Waals surface area (Å²) in [4.78, 5) is 12.2. The molecule has 0 saturated carbocycles. The standard InChI is InChI=1S/C20H17BrN2O2/c21-16-10-4-5-11-17(16)23-20(24)14-22-18-12-6-7-13-19(18)25-15-8-2-1-3-9-15/h1-13,22H,14H2,(H,23,24). The first-order valence-electron chi connectivity index (χ1n) is 7.82. The number of carbonyl (C=O) groups excluding carboxylic acids is 1. The molecule has 3 aromatic rings. The number of hydrogen-bond acceptors (Lipinski definition) is 3. The molecule has 3 rings (SSSR count). The van der Waals surface area contributed by atoms with Crippen molar-refractivity contribution >= 4 is 33.2 Å². The van der Waals surface area contributed by atoms with E-state index in [1.54, 1.807) is 0 Å². The number of rotatable bonds is 6. The highest BCUT2D eigenvalue weighted by Gasteiger charge is 2.08. The monoisotopic (exact) mass is 396 g/mol. The highest BCUT2D eigenvalue weighted by atomic mass is 79.9. The van der Waals surface area contributed by atoms with Crippen LogP contribution in [0.5, 0.6) is 11.5 Å². The van der Waals surface area contributed by atoms with Crippen LogP contribution in [-0.2, 0) is 4.79 Å². The first-order valence-corrected chi connectivity index (χ1v) is 8.62. The lowest BCUT2D eigenvalue weighted by Crippen LogP contribution is -2.22. The van der Waals surface area contributed by atoms with Gasteiger partial charge >= 0.3 is 0 Å². The van der Waals surface area contributed by atoms with Gasteiger partial charge in [0.2, 0.25) is 5.91 Å². The fraction of sp³-hybridized carbons (Fsp3) is 0.0500. The van der Waals surface area contributed by atoms with Crippen LogP contribution in [0.1, 0.15) is 0 Å². The number of ether oxygens (including phenoxy) is 1. The third kappa shape index (κ3) is 4.84. The number of para-hydroxylation sites is 4. The number of nitrogens with one attached hydrogen (secondary N) is 2. The van der Waals surface area contributed by atoms with Gasteiger partial charge in [0, 0.05) is 4.47 Å². The molecule has 0 aliphatic heterocycles. The van der Waals surface area contributed by atoms with E-state index in [-0.39, 0.29) is 12.5 Å². The molecule has 0 aromatic heterocycles. The van der Waals surface area contributed by atoms with Crippen LogP contribution in [0.25, 0.3) is 0 Å². The molecule has 0 heterocycles. The summed E-state index contributed by atoms with van der Waals surface area (Å²) in [5.41, 5.74) is 1.50. The van der Waals surface area contributed by atoms with Crippen LogP contribution >= 0.6 is 15.9 Å².